The second kappa shape index (κ2) is 8.18. The number of morpholine rings is 1. The van der Waals surface area contributed by atoms with Crippen LogP contribution in [0.3, 0.4) is 0 Å². The van der Waals surface area contributed by atoms with Crippen molar-refractivity contribution in [3.63, 3.8) is 0 Å². The highest BCUT2D eigenvalue weighted by Gasteiger charge is 2.25. The SMILES string of the molecule is CC(C)c1ncc(C(=O)N2CCOC(CCc3cc(=O)[nH]cn3)C2)cn1. The zero-order chi connectivity index (χ0) is 18.5. The standard InChI is InChI=1S/C18H23N5O3/c1-12(2)17-19-8-13(9-20-17)18(25)23-5-6-26-15(10-23)4-3-14-7-16(24)22-11-21-14/h7-9,11-12,15H,3-6,10H2,1-2H3,(H,21,22,24). The highest BCUT2D eigenvalue weighted by molar-refractivity contribution is 5.93. The number of carbonyl (C=O) groups excluding carboxylic acids is 1. The molecule has 1 saturated heterocycles. The van der Waals surface area contributed by atoms with E-state index >= 15 is 0 Å². The normalized spacial score (nSPS) is 17.5. The number of H-pyrrole nitrogens is 1. The molecular weight excluding hydrogens is 334 g/mol. The van der Waals surface area contributed by atoms with E-state index in [2.05, 4.69) is 19.9 Å². The van der Waals surface area contributed by atoms with Gasteiger partial charge in [-0.1, -0.05) is 13.8 Å². The van der Waals surface area contributed by atoms with Crippen LogP contribution >= 0.6 is 0 Å². The fourth-order valence-electron chi connectivity index (χ4n) is 2.86. The molecule has 0 radical (unpaired) electrons. The summed E-state index contributed by atoms with van der Waals surface area (Å²) in [6.07, 6.45) is 5.83. The molecule has 26 heavy (non-hydrogen) atoms. The first-order chi connectivity index (χ1) is 12.5. The molecule has 1 aliphatic rings. The topological polar surface area (TPSA) is 101 Å². The van der Waals surface area contributed by atoms with Gasteiger partial charge in [0.1, 0.15) is 5.82 Å². The summed E-state index contributed by atoms with van der Waals surface area (Å²) in [5, 5.41) is 0. The van der Waals surface area contributed by atoms with E-state index in [0.717, 1.165) is 11.5 Å². The van der Waals surface area contributed by atoms with Crippen LogP contribution in [0.5, 0.6) is 0 Å². The molecule has 0 saturated carbocycles. The van der Waals surface area contributed by atoms with Gasteiger partial charge in [-0.05, 0) is 12.8 Å². The summed E-state index contributed by atoms with van der Waals surface area (Å²) >= 11 is 0. The number of ether oxygens (including phenoxy) is 1. The van der Waals surface area contributed by atoms with Gasteiger partial charge in [0.15, 0.2) is 0 Å². The third-order valence-electron chi connectivity index (χ3n) is 4.32. The predicted molar refractivity (Wildman–Crippen MR) is 94.9 cm³/mol. The Morgan fingerprint density at radius 1 is 1.35 bits per heavy atom. The maximum atomic E-state index is 12.7. The minimum absolute atomic E-state index is 0.0790. The van der Waals surface area contributed by atoms with Gasteiger partial charge < -0.3 is 14.6 Å². The number of nitrogens with one attached hydrogen (secondary N) is 1. The van der Waals surface area contributed by atoms with Crippen molar-refractivity contribution in [3.8, 4) is 0 Å². The summed E-state index contributed by atoms with van der Waals surface area (Å²) in [5.41, 5.74) is 1.05. The summed E-state index contributed by atoms with van der Waals surface area (Å²) in [7, 11) is 0. The summed E-state index contributed by atoms with van der Waals surface area (Å²) < 4.78 is 5.76. The van der Waals surface area contributed by atoms with Crippen LogP contribution in [-0.4, -0.2) is 56.5 Å². The number of aromatic nitrogens is 4. The van der Waals surface area contributed by atoms with E-state index in [0.29, 0.717) is 38.1 Å². The van der Waals surface area contributed by atoms with Crippen LogP contribution in [0.2, 0.25) is 0 Å². The highest BCUT2D eigenvalue weighted by atomic mass is 16.5. The molecule has 1 unspecified atom stereocenters. The minimum atomic E-state index is -0.166. The van der Waals surface area contributed by atoms with Crippen molar-refractivity contribution in [1.82, 2.24) is 24.8 Å². The van der Waals surface area contributed by atoms with Crippen LogP contribution in [0, 0.1) is 0 Å². The van der Waals surface area contributed by atoms with Crippen molar-refractivity contribution in [2.45, 2.75) is 38.7 Å². The molecule has 1 aliphatic heterocycles. The highest BCUT2D eigenvalue weighted by Crippen LogP contribution is 2.15. The largest absolute Gasteiger partial charge is 0.375 e. The third kappa shape index (κ3) is 4.51. The lowest BCUT2D eigenvalue weighted by atomic mass is 10.1. The molecule has 1 fully saturated rings. The van der Waals surface area contributed by atoms with Crippen molar-refractivity contribution < 1.29 is 9.53 Å². The van der Waals surface area contributed by atoms with E-state index < -0.39 is 0 Å². The van der Waals surface area contributed by atoms with Gasteiger partial charge in [0.2, 0.25) is 0 Å². The van der Waals surface area contributed by atoms with Crippen molar-refractivity contribution in [3.05, 3.63) is 52.2 Å². The average Bonchev–Trinajstić information content (AvgIpc) is 2.66. The summed E-state index contributed by atoms with van der Waals surface area (Å²) in [5.74, 6) is 0.875. The second-order valence-corrected chi connectivity index (χ2v) is 6.67. The van der Waals surface area contributed by atoms with E-state index in [1.165, 1.54) is 12.4 Å². The zero-order valence-electron chi connectivity index (χ0n) is 15.0. The van der Waals surface area contributed by atoms with E-state index in [1.54, 1.807) is 17.3 Å². The Labute approximate surface area is 151 Å². The van der Waals surface area contributed by atoms with Gasteiger partial charge in [0.05, 0.1) is 24.6 Å². The molecule has 1 amide bonds. The van der Waals surface area contributed by atoms with Gasteiger partial charge in [-0.2, -0.15) is 0 Å². The number of aryl methyl sites for hydroxylation is 1. The Morgan fingerprint density at radius 3 is 2.81 bits per heavy atom. The fraction of sp³-hybridized carbons (Fsp3) is 0.500. The number of nitrogens with zero attached hydrogens (tertiary/aromatic N) is 4. The molecule has 3 heterocycles. The molecule has 3 rings (SSSR count). The van der Waals surface area contributed by atoms with Crippen molar-refractivity contribution in [2.24, 2.45) is 0 Å². The van der Waals surface area contributed by atoms with E-state index in [1.807, 2.05) is 13.8 Å². The van der Waals surface area contributed by atoms with Crippen LogP contribution in [0.1, 0.15) is 48.1 Å². The summed E-state index contributed by atoms with van der Waals surface area (Å²) in [4.78, 5) is 40.9. The lowest BCUT2D eigenvalue weighted by molar-refractivity contribution is -0.0247. The van der Waals surface area contributed by atoms with Crippen LogP contribution in [-0.2, 0) is 11.2 Å². The molecular formula is C18H23N5O3. The number of rotatable bonds is 5. The first kappa shape index (κ1) is 18.2. The third-order valence-corrected chi connectivity index (χ3v) is 4.32. The van der Waals surface area contributed by atoms with Gasteiger partial charge in [-0.3, -0.25) is 9.59 Å². The minimum Gasteiger partial charge on any atom is -0.375 e. The Morgan fingerprint density at radius 2 is 2.12 bits per heavy atom. The van der Waals surface area contributed by atoms with Crippen LogP contribution in [0.25, 0.3) is 0 Å². The van der Waals surface area contributed by atoms with Crippen molar-refractivity contribution in [2.75, 3.05) is 19.7 Å². The van der Waals surface area contributed by atoms with Crippen LogP contribution < -0.4 is 5.56 Å². The molecule has 8 nitrogen and oxygen atoms in total. The number of hydrogen-bond donors (Lipinski definition) is 1. The lowest BCUT2D eigenvalue weighted by Gasteiger charge is -2.33. The van der Waals surface area contributed by atoms with Gasteiger partial charge in [0.25, 0.3) is 11.5 Å². The molecule has 0 aliphatic carbocycles. The number of aromatic amines is 1. The van der Waals surface area contributed by atoms with E-state index in [4.69, 9.17) is 4.74 Å². The second-order valence-electron chi connectivity index (χ2n) is 6.67. The molecule has 0 bridgehead atoms. The summed E-state index contributed by atoms with van der Waals surface area (Å²) in [6, 6.07) is 1.49. The Hall–Kier alpha value is -2.61. The predicted octanol–water partition coefficient (Wildman–Crippen LogP) is 1.16. The smallest absolute Gasteiger partial charge is 0.257 e. The van der Waals surface area contributed by atoms with Gasteiger partial charge in [-0.15, -0.1) is 0 Å². The molecule has 0 aromatic carbocycles. The first-order valence-corrected chi connectivity index (χ1v) is 8.79. The number of carbonyl (C=O) groups is 1. The average molecular weight is 357 g/mol. The number of amides is 1. The van der Waals surface area contributed by atoms with Crippen LogP contribution in [0.15, 0.2) is 29.6 Å². The van der Waals surface area contributed by atoms with E-state index in [-0.39, 0.29) is 23.5 Å². The Bertz CT molecular complexity index is 803. The molecule has 1 atom stereocenters. The molecule has 138 valence electrons. The monoisotopic (exact) mass is 357 g/mol. The molecule has 2 aromatic heterocycles. The Balaban J connectivity index is 1.58. The van der Waals surface area contributed by atoms with Crippen molar-refractivity contribution in [1.29, 1.82) is 0 Å². The van der Waals surface area contributed by atoms with Gasteiger partial charge in [0, 0.05) is 43.2 Å². The number of hydrogen-bond acceptors (Lipinski definition) is 6. The summed E-state index contributed by atoms with van der Waals surface area (Å²) in [6.45, 7) is 5.57. The van der Waals surface area contributed by atoms with Gasteiger partial charge >= 0.3 is 0 Å². The molecule has 1 N–H and O–H groups in total. The maximum Gasteiger partial charge on any atom is 0.257 e. The zero-order valence-corrected chi connectivity index (χ0v) is 15.0. The van der Waals surface area contributed by atoms with Gasteiger partial charge in [-0.25, -0.2) is 15.0 Å². The maximum absolute atomic E-state index is 12.7. The quantitative estimate of drug-likeness (QED) is 0.862. The molecule has 0 spiro atoms. The Kier molecular flexibility index (Phi) is 5.72. The van der Waals surface area contributed by atoms with Crippen LogP contribution in [0.4, 0.5) is 0 Å². The van der Waals surface area contributed by atoms with E-state index in [9.17, 15) is 9.59 Å². The molecule has 8 heteroatoms. The lowest BCUT2D eigenvalue weighted by Crippen LogP contribution is -2.45. The first-order valence-electron chi connectivity index (χ1n) is 8.79. The van der Waals surface area contributed by atoms with Crippen molar-refractivity contribution >= 4 is 5.91 Å². The fourth-order valence-corrected chi connectivity index (χ4v) is 2.86. The molecule has 2 aromatic rings.